The predicted octanol–water partition coefficient (Wildman–Crippen LogP) is 1.79. The van der Waals surface area contributed by atoms with Gasteiger partial charge in [0.25, 0.3) is 0 Å². The van der Waals surface area contributed by atoms with E-state index in [-0.39, 0.29) is 11.1 Å². The molecule has 108 valence electrons. The number of rotatable bonds is 4. The molecule has 21 heavy (non-hydrogen) atoms. The van der Waals surface area contributed by atoms with Gasteiger partial charge in [0.05, 0.1) is 12.7 Å². The molecule has 0 bridgehead atoms. The fourth-order valence-electron chi connectivity index (χ4n) is 2.11. The third kappa shape index (κ3) is 2.64. The van der Waals surface area contributed by atoms with Gasteiger partial charge < -0.3 is 14.9 Å². The van der Waals surface area contributed by atoms with Crippen LogP contribution in [0.15, 0.2) is 54.6 Å². The highest BCUT2D eigenvalue weighted by Crippen LogP contribution is 2.31. The number of benzene rings is 2. The van der Waals surface area contributed by atoms with E-state index in [0.717, 1.165) is 7.11 Å². The zero-order valence-electron chi connectivity index (χ0n) is 11.3. The molecule has 0 heterocycles. The summed E-state index contributed by atoms with van der Waals surface area (Å²) in [5.74, 6) is -2.02. The van der Waals surface area contributed by atoms with E-state index in [1.54, 1.807) is 30.3 Å². The molecule has 1 unspecified atom stereocenters. The van der Waals surface area contributed by atoms with Gasteiger partial charge in [0.15, 0.2) is 0 Å². The van der Waals surface area contributed by atoms with Gasteiger partial charge in [-0.3, -0.25) is 0 Å². The van der Waals surface area contributed by atoms with Gasteiger partial charge in [-0.15, -0.1) is 0 Å². The van der Waals surface area contributed by atoms with Gasteiger partial charge in [-0.05, 0) is 17.7 Å². The van der Waals surface area contributed by atoms with Crippen molar-refractivity contribution in [2.24, 2.45) is 0 Å². The minimum atomic E-state index is -2.05. The first-order chi connectivity index (χ1) is 10.00. The summed E-state index contributed by atoms with van der Waals surface area (Å²) in [6.45, 7) is 0. The Labute approximate surface area is 121 Å². The highest BCUT2D eigenvalue weighted by Gasteiger charge is 2.41. The Morgan fingerprint density at radius 2 is 1.62 bits per heavy atom. The van der Waals surface area contributed by atoms with E-state index in [1.165, 1.54) is 24.3 Å². The number of esters is 1. The van der Waals surface area contributed by atoms with Gasteiger partial charge >= 0.3 is 11.9 Å². The average Bonchev–Trinajstić information content (AvgIpc) is 2.54. The second-order valence-electron chi connectivity index (χ2n) is 4.45. The molecule has 0 amide bonds. The van der Waals surface area contributed by atoms with E-state index in [1.807, 2.05) is 0 Å². The Hall–Kier alpha value is -2.66. The van der Waals surface area contributed by atoms with Crippen molar-refractivity contribution >= 4 is 11.9 Å². The molecule has 5 nitrogen and oxygen atoms in total. The first-order valence-electron chi connectivity index (χ1n) is 6.20. The van der Waals surface area contributed by atoms with Crippen molar-refractivity contribution in [2.75, 3.05) is 7.11 Å². The summed E-state index contributed by atoms with van der Waals surface area (Å²) in [6.07, 6.45) is 0. The topological polar surface area (TPSA) is 83.8 Å². The Bertz CT molecular complexity index is 665. The van der Waals surface area contributed by atoms with Crippen LogP contribution >= 0.6 is 0 Å². The number of ether oxygens (including phenoxy) is 1. The summed E-state index contributed by atoms with van der Waals surface area (Å²) < 4.78 is 4.69. The molecule has 0 aliphatic rings. The quantitative estimate of drug-likeness (QED) is 0.837. The van der Waals surface area contributed by atoms with Crippen LogP contribution < -0.4 is 0 Å². The van der Waals surface area contributed by atoms with Crippen molar-refractivity contribution in [1.29, 1.82) is 0 Å². The summed E-state index contributed by atoms with van der Waals surface area (Å²) in [6, 6.07) is 13.8. The van der Waals surface area contributed by atoms with Crippen molar-refractivity contribution in [3.8, 4) is 0 Å². The van der Waals surface area contributed by atoms with Crippen LogP contribution in [0.4, 0.5) is 0 Å². The molecule has 5 heteroatoms. The molecule has 0 aromatic heterocycles. The molecular weight excluding hydrogens is 272 g/mol. The van der Waals surface area contributed by atoms with E-state index in [9.17, 15) is 14.7 Å². The molecule has 0 saturated carbocycles. The number of methoxy groups -OCH3 is 1. The first-order valence-corrected chi connectivity index (χ1v) is 6.20. The fourth-order valence-corrected chi connectivity index (χ4v) is 2.11. The van der Waals surface area contributed by atoms with Crippen LogP contribution in [0.2, 0.25) is 0 Å². The number of carbonyl (C=O) groups excluding carboxylic acids is 1. The van der Waals surface area contributed by atoms with Crippen LogP contribution in [-0.2, 0) is 15.1 Å². The minimum absolute atomic E-state index is 0.0224. The molecule has 2 aromatic rings. The molecule has 0 fully saturated rings. The van der Waals surface area contributed by atoms with Crippen molar-refractivity contribution in [3.63, 3.8) is 0 Å². The number of aliphatic hydroxyl groups is 1. The smallest absolute Gasteiger partial charge is 0.347 e. The number of carbonyl (C=O) groups is 2. The van der Waals surface area contributed by atoms with E-state index in [2.05, 4.69) is 4.74 Å². The van der Waals surface area contributed by atoms with Crippen molar-refractivity contribution in [2.45, 2.75) is 5.60 Å². The third-order valence-electron chi connectivity index (χ3n) is 3.20. The molecule has 2 N–H and O–H groups in total. The van der Waals surface area contributed by atoms with Crippen molar-refractivity contribution in [1.82, 2.24) is 0 Å². The summed E-state index contributed by atoms with van der Waals surface area (Å²) in [5, 5.41) is 19.9. The van der Waals surface area contributed by atoms with Gasteiger partial charge in [0, 0.05) is 5.56 Å². The number of hydrogen-bond donors (Lipinski definition) is 2. The van der Waals surface area contributed by atoms with Gasteiger partial charge in [-0.1, -0.05) is 42.5 Å². The molecule has 0 saturated heterocycles. The molecule has 2 aromatic carbocycles. The maximum Gasteiger partial charge on any atom is 0.347 e. The van der Waals surface area contributed by atoms with Crippen LogP contribution in [0.3, 0.4) is 0 Å². The lowest BCUT2D eigenvalue weighted by molar-refractivity contribution is -0.158. The van der Waals surface area contributed by atoms with E-state index in [0.29, 0.717) is 5.56 Å². The zero-order chi connectivity index (χ0) is 15.5. The molecular formula is C16H14O5. The second kappa shape index (κ2) is 5.76. The monoisotopic (exact) mass is 286 g/mol. The Morgan fingerprint density at radius 1 is 1.00 bits per heavy atom. The van der Waals surface area contributed by atoms with Crippen LogP contribution in [-0.4, -0.2) is 29.3 Å². The van der Waals surface area contributed by atoms with E-state index >= 15 is 0 Å². The summed E-state index contributed by atoms with van der Waals surface area (Å²) >= 11 is 0. The number of aromatic carboxylic acids is 1. The molecule has 0 radical (unpaired) electrons. The Morgan fingerprint density at radius 3 is 2.19 bits per heavy atom. The number of carboxylic acids is 1. The van der Waals surface area contributed by atoms with Gasteiger partial charge in [0.2, 0.25) is 5.60 Å². The van der Waals surface area contributed by atoms with Gasteiger partial charge in [-0.2, -0.15) is 0 Å². The van der Waals surface area contributed by atoms with Crippen molar-refractivity contribution < 1.29 is 24.5 Å². The minimum Gasteiger partial charge on any atom is -0.478 e. The lowest BCUT2D eigenvalue weighted by Crippen LogP contribution is -2.38. The molecule has 0 aliphatic carbocycles. The van der Waals surface area contributed by atoms with E-state index in [4.69, 9.17) is 5.11 Å². The zero-order valence-corrected chi connectivity index (χ0v) is 11.3. The maximum atomic E-state index is 12.1. The first kappa shape index (κ1) is 14.7. The summed E-state index contributed by atoms with van der Waals surface area (Å²) in [7, 11) is 1.16. The maximum absolute atomic E-state index is 12.1. The lowest BCUT2D eigenvalue weighted by Gasteiger charge is -2.26. The normalized spacial score (nSPS) is 13.2. The number of hydrogen-bond acceptors (Lipinski definition) is 4. The van der Waals surface area contributed by atoms with Gasteiger partial charge in [-0.25, -0.2) is 9.59 Å². The van der Waals surface area contributed by atoms with Crippen LogP contribution in [0.5, 0.6) is 0 Å². The average molecular weight is 286 g/mol. The van der Waals surface area contributed by atoms with Crippen molar-refractivity contribution in [3.05, 3.63) is 71.3 Å². The fraction of sp³-hybridized carbons (Fsp3) is 0.125. The molecule has 1 atom stereocenters. The second-order valence-corrected chi connectivity index (χ2v) is 4.45. The SMILES string of the molecule is COC(=O)C(O)(c1ccccc1)c1cccc(C(=O)O)c1. The Kier molecular flexibility index (Phi) is 4.05. The predicted molar refractivity (Wildman–Crippen MR) is 74.9 cm³/mol. The van der Waals surface area contributed by atoms with Gasteiger partial charge in [0.1, 0.15) is 0 Å². The number of carboxylic acid groups (broad SMARTS) is 1. The highest BCUT2D eigenvalue weighted by atomic mass is 16.5. The highest BCUT2D eigenvalue weighted by molar-refractivity contribution is 5.90. The largest absolute Gasteiger partial charge is 0.478 e. The molecule has 2 rings (SSSR count). The molecule has 0 aliphatic heterocycles. The lowest BCUT2D eigenvalue weighted by atomic mass is 9.85. The van der Waals surface area contributed by atoms with Crippen LogP contribution in [0, 0.1) is 0 Å². The summed E-state index contributed by atoms with van der Waals surface area (Å²) in [4.78, 5) is 23.2. The van der Waals surface area contributed by atoms with Crippen LogP contribution in [0.1, 0.15) is 21.5 Å². The van der Waals surface area contributed by atoms with E-state index < -0.39 is 17.5 Å². The summed E-state index contributed by atoms with van der Waals surface area (Å²) in [5.41, 5.74) is -1.63. The Balaban J connectivity index is 2.64. The molecule has 0 spiro atoms. The third-order valence-corrected chi connectivity index (χ3v) is 3.20. The van der Waals surface area contributed by atoms with Crippen LogP contribution in [0.25, 0.3) is 0 Å². The standard InChI is InChI=1S/C16H14O5/c1-21-15(19)16(20,12-7-3-2-4-8-12)13-9-5-6-11(10-13)14(17)18/h2-10,20H,1H3,(H,17,18).